The van der Waals surface area contributed by atoms with Gasteiger partial charge in [-0.1, -0.05) is 23.7 Å². The number of benzene rings is 2. The molecule has 1 aliphatic carbocycles. The van der Waals surface area contributed by atoms with Gasteiger partial charge in [-0.3, -0.25) is 4.79 Å². The monoisotopic (exact) mass is 515 g/mol. The van der Waals surface area contributed by atoms with Crippen molar-refractivity contribution >= 4 is 17.5 Å². The first-order chi connectivity index (χ1) is 16.5. The normalized spacial score (nSPS) is 21.5. The molecular weight excluding hydrogens is 497 g/mol. The molecule has 186 valence electrons. The fourth-order valence-electron chi connectivity index (χ4n) is 4.19. The summed E-state index contributed by atoms with van der Waals surface area (Å²) >= 11 is 6.14. The number of aromatic nitrogens is 4. The highest BCUT2D eigenvalue weighted by molar-refractivity contribution is 6.31. The molecule has 4 rings (SSSR count). The van der Waals surface area contributed by atoms with Gasteiger partial charge in [0.15, 0.2) is 0 Å². The fraction of sp³-hybridized carbons (Fsp3) is 0.364. The van der Waals surface area contributed by atoms with Crippen LogP contribution >= 0.6 is 11.6 Å². The van der Waals surface area contributed by atoms with Crippen molar-refractivity contribution in [3.8, 4) is 5.69 Å². The molecule has 1 heterocycles. The molecule has 0 radical (unpaired) electrons. The van der Waals surface area contributed by atoms with E-state index in [1.807, 2.05) is 0 Å². The van der Waals surface area contributed by atoms with Crippen LogP contribution in [0.4, 0.5) is 22.0 Å². The van der Waals surface area contributed by atoms with Crippen molar-refractivity contribution in [3.63, 3.8) is 0 Å². The van der Waals surface area contributed by atoms with E-state index in [9.17, 15) is 31.9 Å². The Labute approximate surface area is 200 Å². The molecule has 1 aromatic heterocycles. The molecule has 1 unspecified atom stereocenters. The van der Waals surface area contributed by atoms with Crippen LogP contribution in [0.25, 0.3) is 5.69 Å². The third kappa shape index (κ3) is 5.13. The largest absolute Gasteiger partial charge is 0.416 e. The zero-order valence-corrected chi connectivity index (χ0v) is 18.7. The van der Waals surface area contributed by atoms with E-state index in [2.05, 4.69) is 20.8 Å². The van der Waals surface area contributed by atoms with E-state index in [1.165, 1.54) is 12.1 Å². The molecule has 2 N–H and O–H groups in total. The van der Waals surface area contributed by atoms with Crippen LogP contribution in [-0.4, -0.2) is 43.0 Å². The van der Waals surface area contributed by atoms with Gasteiger partial charge >= 0.3 is 6.18 Å². The van der Waals surface area contributed by atoms with Crippen molar-refractivity contribution in [2.75, 3.05) is 0 Å². The van der Waals surface area contributed by atoms with E-state index in [1.54, 1.807) is 0 Å². The molecule has 1 fully saturated rings. The average molecular weight is 516 g/mol. The summed E-state index contributed by atoms with van der Waals surface area (Å²) in [5.74, 6) is -1.69. The summed E-state index contributed by atoms with van der Waals surface area (Å²) in [6.07, 6.45) is -4.93. The predicted molar refractivity (Wildman–Crippen MR) is 114 cm³/mol. The van der Waals surface area contributed by atoms with Gasteiger partial charge in [-0.2, -0.15) is 17.9 Å². The average Bonchev–Trinajstić information content (AvgIpc) is 3.35. The Morgan fingerprint density at radius 3 is 2.57 bits per heavy atom. The Kier molecular flexibility index (Phi) is 6.78. The summed E-state index contributed by atoms with van der Waals surface area (Å²) in [5.41, 5.74) is -3.19. The minimum atomic E-state index is -4.70. The minimum Gasteiger partial charge on any atom is -0.387 e. The van der Waals surface area contributed by atoms with E-state index in [0.29, 0.717) is 6.07 Å². The van der Waals surface area contributed by atoms with Gasteiger partial charge < -0.3 is 10.4 Å². The van der Waals surface area contributed by atoms with E-state index in [-0.39, 0.29) is 47.5 Å². The van der Waals surface area contributed by atoms with E-state index >= 15 is 0 Å². The van der Waals surface area contributed by atoms with Crippen LogP contribution in [0.15, 0.2) is 42.7 Å². The van der Waals surface area contributed by atoms with Gasteiger partial charge in [0, 0.05) is 0 Å². The molecule has 2 aromatic carbocycles. The summed E-state index contributed by atoms with van der Waals surface area (Å²) in [6, 6.07) is 4.93. The highest BCUT2D eigenvalue weighted by atomic mass is 35.5. The lowest BCUT2D eigenvalue weighted by Gasteiger charge is -2.41. The molecule has 13 heteroatoms. The Hall–Kier alpha value is -3.12. The molecule has 0 bridgehead atoms. The Morgan fingerprint density at radius 1 is 1.23 bits per heavy atom. The number of aliphatic hydroxyl groups is 1. The number of carbonyl (C=O) groups excluding carboxylic acids is 1. The summed E-state index contributed by atoms with van der Waals surface area (Å²) in [4.78, 5) is 13.4. The SMILES string of the molecule is O=C(NC(c1cccc(F)c1Cl)[C@]1(O)CC[C@@H](F)CC1)c1ccc(C(F)(F)F)cc1-n1cnnn1. The molecule has 7 nitrogen and oxygen atoms in total. The second-order valence-electron chi connectivity index (χ2n) is 8.31. The Bertz CT molecular complexity index is 1210. The third-order valence-corrected chi connectivity index (χ3v) is 6.45. The van der Waals surface area contributed by atoms with E-state index < -0.39 is 41.3 Å². The number of alkyl halides is 4. The Morgan fingerprint density at radius 2 is 1.94 bits per heavy atom. The summed E-state index contributed by atoms with van der Waals surface area (Å²) in [7, 11) is 0. The minimum absolute atomic E-state index is 0.00591. The van der Waals surface area contributed by atoms with Crippen LogP contribution in [0.5, 0.6) is 0 Å². The molecule has 0 spiro atoms. The van der Waals surface area contributed by atoms with Gasteiger partial charge in [-0.15, -0.1) is 5.10 Å². The number of nitrogens with zero attached hydrogens (tertiary/aromatic N) is 4. The second-order valence-corrected chi connectivity index (χ2v) is 8.69. The van der Waals surface area contributed by atoms with E-state index in [4.69, 9.17) is 11.6 Å². The number of hydrogen-bond donors (Lipinski definition) is 2. The number of nitrogens with one attached hydrogen (secondary N) is 1. The summed E-state index contributed by atoms with van der Waals surface area (Å²) in [5, 5.41) is 24.0. The quantitative estimate of drug-likeness (QED) is 0.485. The molecule has 1 aliphatic rings. The maximum absolute atomic E-state index is 14.2. The number of carbonyl (C=O) groups is 1. The van der Waals surface area contributed by atoms with Gasteiger partial charge in [0.2, 0.25) is 0 Å². The van der Waals surface area contributed by atoms with E-state index in [0.717, 1.165) is 29.2 Å². The molecular formula is C22H19ClF5N5O2. The zero-order valence-electron chi connectivity index (χ0n) is 17.9. The van der Waals surface area contributed by atoms with Crippen molar-refractivity contribution in [3.05, 3.63) is 70.3 Å². The number of tetrazole rings is 1. The summed E-state index contributed by atoms with van der Waals surface area (Å²) in [6.45, 7) is 0. The third-order valence-electron chi connectivity index (χ3n) is 6.05. The van der Waals surface area contributed by atoms with Gasteiger partial charge in [0.05, 0.1) is 33.5 Å². The second kappa shape index (κ2) is 9.50. The van der Waals surface area contributed by atoms with Crippen molar-refractivity contribution in [1.82, 2.24) is 25.5 Å². The van der Waals surface area contributed by atoms with Gasteiger partial charge in [-0.05, 0) is 65.9 Å². The predicted octanol–water partition coefficient (Wildman–Crippen LogP) is 4.59. The van der Waals surface area contributed by atoms with Crippen LogP contribution in [0.2, 0.25) is 5.02 Å². The first-order valence-electron chi connectivity index (χ1n) is 10.6. The van der Waals surface area contributed by atoms with Crippen LogP contribution in [0, 0.1) is 5.82 Å². The molecule has 1 saturated carbocycles. The van der Waals surface area contributed by atoms with Crippen LogP contribution in [-0.2, 0) is 6.18 Å². The lowest BCUT2D eigenvalue weighted by Crippen LogP contribution is -2.48. The van der Waals surface area contributed by atoms with Crippen LogP contribution in [0.3, 0.4) is 0 Å². The molecule has 35 heavy (non-hydrogen) atoms. The highest BCUT2D eigenvalue weighted by Crippen LogP contribution is 2.42. The number of amides is 1. The maximum Gasteiger partial charge on any atom is 0.416 e. The van der Waals surface area contributed by atoms with Crippen LogP contribution < -0.4 is 5.32 Å². The maximum atomic E-state index is 14.2. The van der Waals surface area contributed by atoms with Gasteiger partial charge in [0.25, 0.3) is 5.91 Å². The first kappa shape index (κ1) is 25.0. The molecule has 0 aliphatic heterocycles. The lowest BCUT2D eigenvalue weighted by molar-refractivity contribution is -0.137. The number of rotatable bonds is 5. The molecule has 3 aromatic rings. The van der Waals surface area contributed by atoms with Gasteiger partial charge in [0.1, 0.15) is 18.3 Å². The highest BCUT2D eigenvalue weighted by Gasteiger charge is 2.43. The topological polar surface area (TPSA) is 92.9 Å². The smallest absolute Gasteiger partial charge is 0.387 e. The van der Waals surface area contributed by atoms with Gasteiger partial charge in [-0.25, -0.2) is 8.78 Å². The molecule has 0 saturated heterocycles. The lowest BCUT2D eigenvalue weighted by atomic mass is 9.76. The number of hydrogen-bond acceptors (Lipinski definition) is 5. The van der Waals surface area contributed by atoms with Crippen LogP contribution in [0.1, 0.15) is 53.2 Å². The van der Waals surface area contributed by atoms with Crippen molar-refractivity contribution in [2.24, 2.45) is 0 Å². The van der Waals surface area contributed by atoms with Crippen molar-refractivity contribution in [2.45, 2.75) is 49.7 Å². The number of halogens is 6. The summed E-state index contributed by atoms with van der Waals surface area (Å²) < 4.78 is 68.9. The Balaban J connectivity index is 1.77. The van der Waals surface area contributed by atoms with Crippen molar-refractivity contribution in [1.29, 1.82) is 0 Å². The molecule has 1 atom stereocenters. The first-order valence-corrected chi connectivity index (χ1v) is 10.9. The zero-order chi connectivity index (χ0) is 25.4. The fourth-order valence-corrected chi connectivity index (χ4v) is 4.42. The molecule has 1 amide bonds. The van der Waals surface area contributed by atoms with Crippen molar-refractivity contribution < 1.29 is 31.9 Å². The standard InChI is InChI=1S/C22H19ClF5N5O2/c23-18-15(2-1-3-16(18)25)19(21(35)8-6-13(24)7-9-21)30-20(34)14-5-4-12(22(26,27)28)10-17(14)33-11-29-31-32-33/h1-5,10-11,13,19,35H,6-9H2,(H,30,34)/t13-,19?,21+.